The van der Waals surface area contributed by atoms with Crippen LogP contribution in [0.3, 0.4) is 0 Å². The smallest absolute Gasteiger partial charge is 0.311 e. The molecule has 0 amide bonds. The van der Waals surface area contributed by atoms with E-state index in [1.165, 1.54) is 12.8 Å². The van der Waals surface area contributed by atoms with Crippen LogP contribution in [0.2, 0.25) is 0 Å². The SMILES string of the molecule is [CH]C(=O)OC(C)C1CC1. The van der Waals surface area contributed by atoms with E-state index in [2.05, 4.69) is 0 Å². The number of esters is 1. The molecule has 1 saturated carbocycles. The number of ether oxygens (including phenoxy) is 1. The predicted molar refractivity (Wildman–Crippen MR) is 32.6 cm³/mol. The molecule has 1 fully saturated rings. The molecule has 0 spiro atoms. The zero-order valence-corrected chi connectivity index (χ0v) is 5.46. The number of carbonyl (C=O) groups is 1. The van der Waals surface area contributed by atoms with Gasteiger partial charge >= 0.3 is 5.97 Å². The summed E-state index contributed by atoms with van der Waals surface area (Å²) in [5.41, 5.74) is 0. The summed E-state index contributed by atoms with van der Waals surface area (Å²) in [6.45, 7) is 6.68. The highest BCUT2D eigenvalue weighted by Gasteiger charge is 2.29. The van der Waals surface area contributed by atoms with Crippen molar-refractivity contribution in [3.05, 3.63) is 6.92 Å². The van der Waals surface area contributed by atoms with E-state index in [1.807, 2.05) is 6.92 Å². The van der Waals surface area contributed by atoms with E-state index >= 15 is 0 Å². The summed E-state index contributed by atoms with van der Waals surface area (Å²) in [6, 6.07) is 0. The Morgan fingerprint density at radius 3 is 2.67 bits per heavy atom. The minimum Gasteiger partial charge on any atom is -0.462 e. The molecule has 0 heterocycles. The molecular formula is C7H10O2. The second kappa shape index (κ2) is 2.38. The lowest BCUT2D eigenvalue weighted by Crippen LogP contribution is -2.13. The normalized spacial score (nSPS) is 21.1. The van der Waals surface area contributed by atoms with E-state index in [4.69, 9.17) is 11.7 Å². The number of carbonyl (C=O) groups excluding carboxylic acids is 1. The van der Waals surface area contributed by atoms with Crippen molar-refractivity contribution >= 4 is 5.97 Å². The Bertz CT molecular complexity index is 116. The van der Waals surface area contributed by atoms with Crippen LogP contribution in [-0.4, -0.2) is 12.1 Å². The second-order valence-electron chi connectivity index (χ2n) is 2.48. The molecule has 1 aliphatic rings. The van der Waals surface area contributed by atoms with Gasteiger partial charge in [-0.1, -0.05) is 0 Å². The molecule has 0 aromatic heterocycles. The summed E-state index contributed by atoms with van der Waals surface area (Å²) in [4.78, 5) is 10.1. The van der Waals surface area contributed by atoms with Crippen LogP contribution in [0.15, 0.2) is 0 Å². The van der Waals surface area contributed by atoms with Crippen molar-refractivity contribution in [3.63, 3.8) is 0 Å². The molecule has 9 heavy (non-hydrogen) atoms. The largest absolute Gasteiger partial charge is 0.462 e. The summed E-state index contributed by atoms with van der Waals surface area (Å²) in [6.07, 6.45) is 2.38. The van der Waals surface area contributed by atoms with Crippen molar-refractivity contribution < 1.29 is 9.53 Å². The first-order chi connectivity index (χ1) is 4.20. The van der Waals surface area contributed by atoms with Gasteiger partial charge in [-0.25, -0.2) is 0 Å². The molecule has 0 N–H and O–H groups in total. The Kier molecular flexibility index (Phi) is 1.74. The predicted octanol–water partition coefficient (Wildman–Crippen LogP) is 1.04. The minimum absolute atomic E-state index is 0.0301. The molecule has 1 aliphatic carbocycles. The molecule has 0 bridgehead atoms. The van der Waals surface area contributed by atoms with Crippen LogP contribution < -0.4 is 0 Å². The molecule has 50 valence electrons. The van der Waals surface area contributed by atoms with Gasteiger partial charge in [0.25, 0.3) is 0 Å². The maximum Gasteiger partial charge on any atom is 0.311 e. The van der Waals surface area contributed by atoms with Gasteiger partial charge in [0.1, 0.15) is 6.10 Å². The fraction of sp³-hybridized carbons (Fsp3) is 0.714. The van der Waals surface area contributed by atoms with E-state index in [9.17, 15) is 4.79 Å². The molecule has 1 atom stereocenters. The highest BCUT2D eigenvalue weighted by molar-refractivity contribution is 5.73. The summed E-state index contributed by atoms with van der Waals surface area (Å²) in [5.74, 6) is -0.0769. The van der Waals surface area contributed by atoms with E-state index in [-0.39, 0.29) is 6.10 Å². The molecule has 2 radical (unpaired) electrons. The van der Waals surface area contributed by atoms with Gasteiger partial charge in [-0.15, -0.1) is 0 Å². The molecule has 0 saturated heterocycles. The van der Waals surface area contributed by atoms with Crippen LogP contribution in [-0.2, 0) is 9.53 Å². The van der Waals surface area contributed by atoms with E-state index in [1.54, 1.807) is 0 Å². The second-order valence-corrected chi connectivity index (χ2v) is 2.48. The van der Waals surface area contributed by atoms with Crippen LogP contribution in [0.4, 0.5) is 0 Å². The first kappa shape index (κ1) is 6.59. The minimum atomic E-state index is -0.658. The molecule has 0 aromatic rings. The lowest BCUT2D eigenvalue weighted by Gasteiger charge is -2.08. The first-order valence-electron chi connectivity index (χ1n) is 3.16. The molecular weight excluding hydrogens is 116 g/mol. The van der Waals surface area contributed by atoms with Crippen LogP contribution in [0, 0.1) is 12.8 Å². The van der Waals surface area contributed by atoms with Crippen molar-refractivity contribution in [1.82, 2.24) is 0 Å². The van der Waals surface area contributed by atoms with E-state index in [0.29, 0.717) is 5.92 Å². The molecule has 2 heteroatoms. The maximum atomic E-state index is 10.1. The quantitative estimate of drug-likeness (QED) is 0.517. The third-order valence-corrected chi connectivity index (χ3v) is 1.59. The standard InChI is InChI=1S/C7H10O2/c1-5(7-3-4-7)9-6(2)8/h2,5,7H,3-4H2,1H3. The van der Waals surface area contributed by atoms with Crippen LogP contribution >= 0.6 is 0 Å². The van der Waals surface area contributed by atoms with E-state index < -0.39 is 5.97 Å². The Labute approximate surface area is 55.2 Å². The molecule has 0 aromatic carbocycles. The van der Waals surface area contributed by atoms with Gasteiger partial charge in [0.2, 0.25) is 0 Å². The summed E-state index contributed by atoms with van der Waals surface area (Å²) >= 11 is 0. The lowest BCUT2D eigenvalue weighted by atomic mass is 10.3. The van der Waals surface area contributed by atoms with Crippen LogP contribution in [0.5, 0.6) is 0 Å². The van der Waals surface area contributed by atoms with Gasteiger partial charge in [0.05, 0.1) is 6.92 Å². The third-order valence-electron chi connectivity index (χ3n) is 1.59. The van der Waals surface area contributed by atoms with Crippen molar-refractivity contribution in [1.29, 1.82) is 0 Å². The Hall–Kier alpha value is -0.530. The highest BCUT2D eigenvalue weighted by Crippen LogP contribution is 2.33. The molecule has 2 nitrogen and oxygen atoms in total. The Balaban J connectivity index is 2.17. The lowest BCUT2D eigenvalue weighted by molar-refractivity contribution is -0.143. The molecule has 1 unspecified atom stereocenters. The van der Waals surface area contributed by atoms with Gasteiger partial charge in [0.15, 0.2) is 0 Å². The van der Waals surface area contributed by atoms with Gasteiger partial charge < -0.3 is 4.74 Å². The summed E-state index contributed by atoms with van der Waals surface area (Å²) in [7, 11) is 0. The summed E-state index contributed by atoms with van der Waals surface area (Å²) < 4.78 is 4.71. The van der Waals surface area contributed by atoms with Gasteiger partial charge in [-0.05, 0) is 25.7 Å². The average Bonchev–Trinajstić information content (AvgIpc) is 2.40. The third kappa shape index (κ3) is 2.04. The van der Waals surface area contributed by atoms with Gasteiger partial charge in [-0.2, -0.15) is 0 Å². The topological polar surface area (TPSA) is 26.3 Å². The molecule has 0 aliphatic heterocycles. The number of hydrogen-bond donors (Lipinski definition) is 0. The van der Waals surface area contributed by atoms with E-state index in [0.717, 1.165) is 0 Å². The first-order valence-corrected chi connectivity index (χ1v) is 3.16. The highest BCUT2D eigenvalue weighted by atomic mass is 16.5. The maximum absolute atomic E-state index is 10.1. The fourth-order valence-corrected chi connectivity index (χ4v) is 0.845. The number of hydrogen-bond acceptors (Lipinski definition) is 2. The average molecular weight is 126 g/mol. The van der Waals surface area contributed by atoms with Crippen molar-refractivity contribution in [2.45, 2.75) is 25.9 Å². The monoisotopic (exact) mass is 126 g/mol. The molecule has 1 rings (SSSR count). The zero-order chi connectivity index (χ0) is 6.85. The Morgan fingerprint density at radius 2 is 2.33 bits per heavy atom. The van der Waals surface area contributed by atoms with Crippen LogP contribution in [0.1, 0.15) is 19.8 Å². The van der Waals surface area contributed by atoms with Gasteiger partial charge in [0, 0.05) is 0 Å². The van der Waals surface area contributed by atoms with Crippen molar-refractivity contribution in [3.8, 4) is 0 Å². The van der Waals surface area contributed by atoms with Crippen molar-refractivity contribution in [2.75, 3.05) is 0 Å². The van der Waals surface area contributed by atoms with Crippen molar-refractivity contribution in [2.24, 2.45) is 5.92 Å². The summed E-state index contributed by atoms with van der Waals surface area (Å²) in [5, 5.41) is 0. The fourth-order valence-electron chi connectivity index (χ4n) is 0.845. The number of rotatable bonds is 2. The van der Waals surface area contributed by atoms with Crippen LogP contribution in [0.25, 0.3) is 0 Å². The Morgan fingerprint density at radius 1 is 1.78 bits per heavy atom. The van der Waals surface area contributed by atoms with Gasteiger partial charge in [-0.3, -0.25) is 4.79 Å². The zero-order valence-electron chi connectivity index (χ0n) is 5.46.